The lowest BCUT2D eigenvalue weighted by Gasteiger charge is -2.23. The minimum atomic E-state index is -0.396. The molecule has 0 aliphatic carbocycles. The van der Waals surface area contributed by atoms with Gasteiger partial charge in [-0.15, -0.1) is 11.3 Å². The number of carbonyl (C=O) groups excluding carboxylic acids is 1. The monoisotopic (exact) mass is 362 g/mol. The lowest BCUT2D eigenvalue weighted by molar-refractivity contribution is 0.0939. The van der Waals surface area contributed by atoms with Crippen LogP contribution in [0, 0.1) is 6.92 Å². The Bertz CT molecular complexity index is 788. The van der Waals surface area contributed by atoms with Crippen molar-refractivity contribution >= 4 is 17.2 Å². The van der Waals surface area contributed by atoms with Crippen molar-refractivity contribution in [3.05, 3.63) is 49.8 Å². The Kier molecular flexibility index (Phi) is 5.80. The highest BCUT2D eigenvalue weighted by Gasteiger charge is 2.23. The highest BCUT2D eigenvalue weighted by Crippen LogP contribution is 2.22. The van der Waals surface area contributed by atoms with Crippen LogP contribution in [0.3, 0.4) is 0 Å². The molecule has 0 bridgehead atoms. The number of H-pyrrole nitrogens is 1. The Balaban J connectivity index is 2.20. The maximum Gasteiger partial charge on any atom is 0.264 e. The molecule has 0 aliphatic rings. The Labute approximate surface area is 152 Å². The summed E-state index contributed by atoms with van der Waals surface area (Å²) in [6.07, 6.45) is 0. The lowest BCUT2D eigenvalue weighted by atomic mass is 9.95. The predicted molar refractivity (Wildman–Crippen MR) is 101 cm³/mol. The lowest BCUT2D eigenvalue weighted by Crippen LogP contribution is -2.38. The summed E-state index contributed by atoms with van der Waals surface area (Å²) in [5.41, 5.74) is -0.151. The zero-order valence-corrected chi connectivity index (χ0v) is 16.5. The van der Waals surface area contributed by atoms with E-state index < -0.39 is 11.5 Å². The van der Waals surface area contributed by atoms with Crippen molar-refractivity contribution in [3.8, 4) is 0 Å². The van der Waals surface area contributed by atoms with Crippen LogP contribution in [0.1, 0.15) is 53.6 Å². The van der Waals surface area contributed by atoms with Gasteiger partial charge in [0.15, 0.2) is 0 Å². The summed E-state index contributed by atoms with van der Waals surface area (Å²) < 4.78 is 0. The largest absolute Gasteiger partial charge is 0.350 e. The molecule has 0 aliphatic heterocycles. The molecule has 136 valence electrons. The molecule has 1 amide bonds. The number of hydrogen-bond donors (Lipinski definition) is 2. The van der Waals surface area contributed by atoms with Crippen LogP contribution >= 0.6 is 11.3 Å². The number of thiophene rings is 1. The molecular formula is C18H26N4O2S. The molecular weight excluding hydrogens is 336 g/mol. The molecule has 2 rings (SSSR count). The minimum absolute atomic E-state index is 0.0603. The van der Waals surface area contributed by atoms with Crippen LogP contribution in [0.15, 0.2) is 22.3 Å². The summed E-state index contributed by atoms with van der Waals surface area (Å²) in [7, 11) is 3.93. The van der Waals surface area contributed by atoms with Crippen LogP contribution in [-0.4, -0.2) is 41.4 Å². The van der Waals surface area contributed by atoms with Crippen LogP contribution in [0.4, 0.5) is 0 Å². The van der Waals surface area contributed by atoms with Crippen molar-refractivity contribution in [3.63, 3.8) is 0 Å². The maximum absolute atomic E-state index is 12.6. The molecule has 2 aromatic rings. The number of aromatic amines is 1. The summed E-state index contributed by atoms with van der Waals surface area (Å²) in [5, 5.41) is 4.89. The Hall–Kier alpha value is -1.99. The topological polar surface area (TPSA) is 78.1 Å². The molecule has 0 spiro atoms. The molecule has 25 heavy (non-hydrogen) atoms. The molecule has 2 aromatic heterocycles. The highest BCUT2D eigenvalue weighted by molar-refractivity contribution is 7.10. The summed E-state index contributed by atoms with van der Waals surface area (Å²) in [6.45, 7) is 8.02. The van der Waals surface area contributed by atoms with Gasteiger partial charge in [0, 0.05) is 16.8 Å². The van der Waals surface area contributed by atoms with Crippen molar-refractivity contribution in [2.24, 2.45) is 0 Å². The summed E-state index contributed by atoms with van der Waals surface area (Å²) in [4.78, 5) is 35.3. The fraction of sp³-hybridized carbons (Fsp3) is 0.500. The third-order valence-electron chi connectivity index (χ3n) is 3.99. The Morgan fingerprint density at radius 1 is 1.40 bits per heavy atom. The van der Waals surface area contributed by atoms with Crippen molar-refractivity contribution < 1.29 is 4.79 Å². The van der Waals surface area contributed by atoms with Gasteiger partial charge < -0.3 is 15.2 Å². The quantitative estimate of drug-likeness (QED) is 0.856. The van der Waals surface area contributed by atoms with Crippen molar-refractivity contribution in [2.75, 3.05) is 20.6 Å². The second-order valence-electron chi connectivity index (χ2n) is 7.33. The molecule has 2 heterocycles. The average molecular weight is 362 g/mol. The number of rotatable bonds is 5. The first-order chi connectivity index (χ1) is 11.6. The molecule has 2 N–H and O–H groups in total. The second kappa shape index (κ2) is 7.49. The zero-order valence-electron chi connectivity index (χ0n) is 15.6. The predicted octanol–water partition coefficient (Wildman–Crippen LogP) is 2.47. The molecule has 0 fully saturated rings. The number of nitrogens with zero attached hydrogens (tertiary/aromatic N) is 2. The molecule has 0 radical (unpaired) electrons. The van der Waals surface area contributed by atoms with Crippen LogP contribution in [0.25, 0.3) is 0 Å². The number of hydrogen-bond acceptors (Lipinski definition) is 5. The normalized spacial score (nSPS) is 13.1. The third kappa shape index (κ3) is 4.55. The molecule has 6 nitrogen and oxygen atoms in total. The fourth-order valence-electron chi connectivity index (χ4n) is 2.50. The van der Waals surface area contributed by atoms with E-state index in [9.17, 15) is 9.59 Å². The van der Waals surface area contributed by atoms with E-state index in [0.29, 0.717) is 18.1 Å². The molecule has 0 aromatic carbocycles. The third-order valence-corrected chi connectivity index (χ3v) is 4.96. The summed E-state index contributed by atoms with van der Waals surface area (Å²) in [6, 6.07) is 4.09. The van der Waals surface area contributed by atoms with Crippen LogP contribution < -0.4 is 10.9 Å². The van der Waals surface area contributed by atoms with E-state index in [-0.39, 0.29) is 17.0 Å². The summed E-state index contributed by atoms with van der Waals surface area (Å²) in [5.74, 6) is 0.186. The molecule has 0 saturated carbocycles. The molecule has 7 heteroatoms. The van der Waals surface area contributed by atoms with E-state index in [1.807, 2.05) is 57.3 Å². The van der Waals surface area contributed by atoms with Gasteiger partial charge in [-0.3, -0.25) is 9.59 Å². The average Bonchev–Trinajstić information content (AvgIpc) is 2.99. The fourth-order valence-corrected chi connectivity index (χ4v) is 3.43. The minimum Gasteiger partial charge on any atom is -0.350 e. The van der Waals surface area contributed by atoms with Gasteiger partial charge in [-0.05, 0) is 32.5 Å². The van der Waals surface area contributed by atoms with Gasteiger partial charge in [0.05, 0.1) is 11.7 Å². The van der Waals surface area contributed by atoms with Gasteiger partial charge in [-0.2, -0.15) is 0 Å². The zero-order chi connectivity index (χ0) is 18.8. The standard InChI is InChI=1S/C18H26N4O2S/c1-11-14(16(24)21-17(20-11)18(2,3)4)15(23)19-10-12(22(5)6)13-8-7-9-25-13/h7-9,12H,10H2,1-6H3,(H,19,23)(H,20,21,24). The van der Waals surface area contributed by atoms with Gasteiger partial charge in [0.2, 0.25) is 0 Å². The number of nitrogens with one attached hydrogen (secondary N) is 2. The number of aromatic nitrogens is 2. The van der Waals surface area contributed by atoms with Crippen molar-refractivity contribution in [1.29, 1.82) is 0 Å². The van der Waals surface area contributed by atoms with E-state index in [2.05, 4.69) is 15.3 Å². The first kappa shape index (κ1) is 19.3. The summed E-state index contributed by atoms with van der Waals surface area (Å²) >= 11 is 1.64. The molecule has 1 atom stereocenters. The van der Waals surface area contributed by atoms with Gasteiger partial charge in [-0.1, -0.05) is 26.8 Å². The van der Waals surface area contributed by atoms with Crippen LogP contribution in [-0.2, 0) is 5.41 Å². The number of amides is 1. The molecule has 0 saturated heterocycles. The Morgan fingerprint density at radius 2 is 2.08 bits per heavy atom. The van der Waals surface area contributed by atoms with Crippen LogP contribution in [0.2, 0.25) is 0 Å². The van der Waals surface area contributed by atoms with E-state index in [1.54, 1.807) is 18.3 Å². The first-order valence-electron chi connectivity index (χ1n) is 8.20. The Morgan fingerprint density at radius 3 is 2.56 bits per heavy atom. The van der Waals surface area contributed by atoms with Gasteiger partial charge in [-0.25, -0.2) is 4.98 Å². The number of likely N-dealkylation sites (N-methyl/N-ethyl adjacent to an activating group) is 1. The smallest absolute Gasteiger partial charge is 0.264 e. The van der Waals surface area contributed by atoms with E-state index in [1.165, 1.54) is 0 Å². The SMILES string of the molecule is Cc1nc(C(C)(C)C)[nH]c(=O)c1C(=O)NCC(c1cccs1)N(C)C. The highest BCUT2D eigenvalue weighted by atomic mass is 32.1. The van der Waals surface area contributed by atoms with Crippen molar-refractivity contribution in [1.82, 2.24) is 20.2 Å². The van der Waals surface area contributed by atoms with E-state index in [0.717, 1.165) is 4.88 Å². The molecule has 1 unspecified atom stereocenters. The van der Waals surface area contributed by atoms with Gasteiger partial charge in [0.25, 0.3) is 11.5 Å². The van der Waals surface area contributed by atoms with Crippen molar-refractivity contribution in [2.45, 2.75) is 39.2 Å². The number of aryl methyl sites for hydroxylation is 1. The van der Waals surface area contributed by atoms with Gasteiger partial charge >= 0.3 is 0 Å². The second-order valence-corrected chi connectivity index (χ2v) is 8.31. The van der Waals surface area contributed by atoms with E-state index in [4.69, 9.17) is 0 Å². The van der Waals surface area contributed by atoms with E-state index >= 15 is 0 Å². The first-order valence-corrected chi connectivity index (χ1v) is 9.08. The van der Waals surface area contributed by atoms with Crippen LogP contribution in [0.5, 0.6) is 0 Å². The van der Waals surface area contributed by atoms with Gasteiger partial charge in [0.1, 0.15) is 11.4 Å². The maximum atomic E-state index is 12.6. The number of carbonyl (C=O) groups is 1.